The van der Waals surface area contributed by atoms with Crippen LogP contribution in [0.15, 0.2) is 42.7 Å². The summed E-state index contributed by atoms with van der Waals surface area (Å²) in [5.41, 5.74) is -8.60. The lowest BCUT2D eigenvalue weighted by atomic mass is 10.0. The summed E-state index contributed by atoms with van der Waals surface area (Å²) in [5.74, 6) is -1.10. The molecule has 2 N–H and O–H groups in total. The fourth-order valence-corrected chi connectivity index (χ4v) is 5.49. The topological polar surface area (TPSA) is 120 Å². The monoisotopic (exact) mass is 746 g/mol. The molecule has 10 nitrogen and oxygen atoms in total. The molecule has 0 saturated heterocycles. The summed E-state index contributed by atoms with van der Waals surface area (Å²) in [4.78, 5) is 30.8. The molecule has 3 heterocycles. The fraction of sp³-hybridized carbons (Fsp3) is 0.308. The third kappa shape index (κ3) is 7.60. The highest BCUT2D eigenvalue weighted by Gasteiger charge is 2.75. The average Bonchev–Trinajstić information content (AvgIpc) is 3.60. The summed E-state index contributed by atoms with van der Waals surface area (Å²) < 4.78 is 95.1. The molecule has 4 aromatic rings. The lowest BCUT2D eigenvalue weighted by molar-refractivity contribution is -0.350. The number of alkyl halides is 7. The number of nitrogens with zero attached hydrogens (tertiary/aromatic N) is 6. The van der Waals surface area contributed by atoms with E-state index in [-0.39, 0.29) is 55.8 Å². The Balaban J connectivity index is 1.74. The molecule has 47 heavy (non-hydrogen) atoms. The number of benzene rings is 1. The van der Waals surface area contributed by atoms with E-state index in [4.69, 9.17) is 34.8 Å². The normalized spacial score (nSPS) is 13.0. The number of halogens is 10. The highest BCUT2D eigenvalue weighted by atomic mass is 35.5. The standard InChI is InChI=1S/C26H20Cl3F7N8O2S/c1-12(11-47-2)38-22(45)15-6-13(27)7-17(29)20(15)39-23(46)18-8-14(41-44(18)21-16(28)4-3-5-37-21)9-43-10-19(40-42-43)24(30,25(31,32)33)26(34,35)36/h3-8,10,12H,9,11H2,1-2H3,(H,38,45)(H,39,46)/t12-/m0/s1. The summed E-state index contributed by atoms with van der Waals surface area (Å²) in [7, 11) is 0. The molecule has 3 aromatic heterocycles. The number of aromatic nitrogens is 6. The number of nitrogens with one attached hydrogen (secondary N) is 2. The molecule has 252 valence electrons. The Bertz CT molecular complexity index is 1780. The van der Waals surface area contributed by atoms with Crippen LogP contribution in [0.1, 0.15) is 39.2 Å². The van der Waals surface area contributed by atoms with E-state index >= 15 is 0 Å². The molecule has 1 atom stereocenters. The van der Waals surface area contributed by atoms with Crippen molar-refractivity contribution in [3.8, 4) is 5.82 Å². The Kier molecular flexibility index (Phi) is 10.7. The Hall–Kier alpha value is -3.61. The van der Waals surface area contributed by atoms with Crippen LogP contribution in [-0.2, 0) is 12.2 Å². The van der Waals surface area contributed by atoms with Gasteiger partial charge in [-0.15, -0.1) is 5.10 Å². The van der Waals surface area contributed by atoms with Crippen LogP contribution in [0, 0.1) is 0 Å². The predicted octanol–water partition coefficient (Wildman–Crippen LogP) is 6.89. The van der Waals surface area contributed by atoms with E-state index in [1.165, 1.54) is 42.2 Å². The molecule has 0 fully saturated rings. The van der Waals surface area contributed by atoms with Crippen molar-refractivity contribution in [1.82, 2.24) is 35.1 Å². The first-order valence-electron chi connectivity index (χ1n) is 12.9. The van der Waals surface area contributed by atoms with Gasteiger partial charge in [0.05, 0.1) is 39.7 Å². The van der Waals surface area contributed by atoms with E-state index in [0.29, 0.717) is 10.4 Å². The van der Waals surface area contributed by atoms with Crippen LogP contribution in [0.2, 0.25) is 15.1 Å². The lowest BCUT2D eigenvalue weighted by Crippen LogP contribution is -2.50. The van der Waals surface area contributed by atoms with Crippen molar-refractivity contribution in [2.45, 2.75) is 37.5 Å². The summed E-state index contributed by atoms with van der Waals surface area (Å²) in [6.45, 7) is 1.08. The van der Waals surface area contributed by atoms with Gasteiger partial charge in [0.25, 0.3) is 11.8 Å². The molecule has 0 unspecified atom stereocenters. The zero-order chi connectivity index (χ0) is 34.9. The average molecular weight is 748 g/mol. The Morgan fingerprint density at radius 1 is 1.00 bits per heavy atom. The molecule has 1 aromatic carbocycles. The summed E-state index contributed by atoms with van der Waals surface area (Å²) in [5, 5.41) is 15.4. The Morgan fingerprint density at radius 2 is 1.68 bits per heavy atom. The third-order valence-corrected chi connectivity index (χ3v) is 7.91. The molecule has 0 saturated carbocycles. The fourth-order valence-electron chi connectivity index (χ4n) is 4.16. The van der Waals surface area contributed by atoms with Gasteiger partial charge in [0, 0.05) is 23.0 Å². The molecule has 0 radical (unpaired) electrons. The zero-order valence-electron chi connectivity index (χ0n) is 23.7. The first kappa shape index (κ1) is 36.2. The highest BCUT2D eigenvalue weighted by Crippen LogP contribution is 2.52. The smallest absolute Gasteiger partial charge is 0.349 e. The van der Waals surface area contributed by atoms with Gasteiger partial charge in [-0.25, -0.2) is 18.7 Å². The van der Waals surface area contributed by atoms with Crippen molar-refractivity contribution in [3.05, 3.63) is 80.4 Å². The minimum Gasteiger partial charge on any atom is -0.349 e. The van der Waals surface area contributed by atoms with Gasteiger partial charge in [0.2, 0.25) is 0 Å². The molecular weight excluding hydrogens is 728 g/mol. The molecular formula is C26H20Cl3F7N8O2S. The van der Waals surface area contributed by atoms with Gasteiger partial charge in [-0.2, -0.15) is 43.2 Å². The lowest BCUT2D eigenvalue weighted by Gasteiger charge is -2.27. The number of pyridine rings is 1. The van der Waals surface area contributed by atoms with E-state index < -0.39 is 42.1 Å². The van der Waals surface area contributed by atoms with Gasteiger partial charge in [-0.1, -0.05) is 40.0 Å². The largest absolute Gasteiger partial charge is 0.437 e. The van der Waals surface area contributed by atoms with Gasteiger partial charge in [0.15, 0.2) is 5.82 Å². The maximum Gasteiger partial charge on any atom is 0.437 e. The number of rotatable bonds is 10. The highest BCUT2D eigenvalue weighted by molar-refractivity contribution is 7.98. The SMILES string of the molecule is CSC[C@H](C)NC(=O)c1cc(Cl)cc(Cl)c1NC(=O)c1cc(Cn2cc(C(F)(C(F)(F)F)C(F)(F)F)nn2)nn1-c1ncccc1Cl. The Labute approximate surface area is 279 Å². The molecule has 0 bridgehead atoms. The van der Waals surface area contributed by atoms with Gasteiger partial charge >= 0.3 is 18.0 Å². The minimum absolute atomic E-state index is 0.0100. The van der Waals surface area contributed by atoms with Gasteiger partial charge in [-0.05, 0) is 43.5 Å². The maximum atomic E-state index is 14.5. The van der Waals surface area contributed by atoms with Crippen molar-refractivity contribution in [2.75, 3.05) is 17.3 Å². The second-order valence-electron chi connectivity index (χ2n) is 9.79. The van der Waals surface area contributed by atoms with Gasteiger partial charge in [-0.3, -0.25) is 9.59 Å². The van der Waals surface area contributed by atoms with E-state index in [9.17, 15) is 40.3 Å². The molecule has 0 aliphatic carbocycles. The van der Waals surface area contributed by atoms with E-state index in [2.05, 4.69) is 31.0 Å². The van der Waals surface area contributed by atoms with E-state index in [1.807, 2.05) is 6.26 Å². The van der Waals surface area contributed by atoms with Gasteiger partial charge in [0.1, 0.15) is 11.4 Å². The van der Waals surface area contributed by atoms with Crippen LogP contribution >= 0.6 is 46.6 Å². The number of anilines is 1. The summed E-state index contributed by atoms with van der Waals surface area (Å²) in [6, 6.07) is 6.23. The molecule has 0 aliphatic heterocycles. The molecule has 0 spiro atoms. The number of hydrogen-bond acceptors (Lipinski definition) is 7. The molecule has 4 rings (SSSR count). The van der Waals surface area contributed by atoms with Crippen molar-refractivity contribution in [2.24, 2.45) is 0 Å². The second kappa shape index (κ2) is 13.9. The molecule has 2 amide bonds. The minimum atomic E-state index is -6.40. The van der Waals surface area contributed by atoms with Crippen LogP contribution in [0.25, 0.3) is 5.82 Å². The molecule has 21 heteroatoms. The number of carbonyl (C=O) groups is 2. The van der Waals surface area contributed by atoms with Crippen molar-refractivity contribution in [3.63, 3.8) is 0 Å². The predicted molar refractivity (Wildman–Crippen MR) is 160 cm³/mol. The van der Waals surface area contributed by atoms with Crippen LogP contribution < -0.4 is 10.6 Å². The first-order valence-corrected chi connectivity index (χ1v) is 15.4. The first-order chi connectivity index (χ1) is 21.9. The third-order valence-electron chi connectivity index (χ3n) is 6.26. The van der Waals surface area contributed by atoms with Crippen LogP contribution in [-0.4, -0.2) is 72.0 Å². The van der Waals surface area contributed by atoms with Crippen LogP contribution in [0.5, 0.6) is 0 Å². The zero-order valence-corrected chi connectivity index (χ0v) is 26.8. The number of hydrogen-bond donors (Lipinski definition) is 2. The van der Waals surface area contributed by atoms with Crippen LogP contribution in [0.3, 0.4) is 0 Å². The maximum absolute atomic E-state index is 14.5. The van der Waals surface area contributed by atoms with Crippen molar-refractivity contribution >= 4 is 64.1 Å². The number of carbonyl (C=O) groups excluding carboxylic acids is 2. The Morgan fingerprint density at radius 3 is 2.30 bits per heavy atom. The summed E-state index contributed by atoms with van der Waals surface area (Å²) >= 11 is 20.2. The number of amides is 2. The van der Waals surface area contributed by atoms with Crippen LogP contribution in [0.4, 0.5) is 36.4 Å². The quantitative estimate of drug-likeness (QED) is 0.170. The van der Waals surface area contributed by atoms with E-state index in [1.54, 1.807) is 6.92 Å². The number of thioether (sulfide) groups is 1. The van der Waals surface area contributed by atoms with E-state index in [0.717, 1.165) is 10.7 Å². The van der Waals surface area contributed by atoms with Crippen molar-refractivity contribution in [1.29, 1.82) is 0 Å². The second-order valence-corrected chi connectivity index (χ2v) is 12.0. The summed E-state index contributed by atoms with van der Waals surface area (Å²) in [6.07, 6.45) is -9.54. The van der Waals surface area contributed by atoms with Crippen molar-refractivity contribution < 1.29 is 40.3 Å². The van der Waals surface area contributed by atoms with Gasteiger partial charge < -0.3 is 10.6 Å². The molecule has 0 aliphatic rings.